The lowest BCUT2D eigenvalue weighted by molar-refractivity contribution is -0.136. The molecule has 1 aromatic heterocycles. The standard InChI is InChI=1S/C13H8ClF3N2S/c14-8-1-4-12(11(5-8)13(15,16)17)19-7-10-3-2-9(6-18)20-10/h1-5,19H,7H2. The van der Waals surface area contributed by atoms with E-state index in [1.165, 1.54) is 23.5 Å². The van der Waals surface area contributed by atoms with Crippen LogP contribution in [0.15, 0.2) is 30.3 Å². The van der Waals surface area contributed by atoms with Gasteiger partial charge in [-0.05, 0) is 30.3 Å². The minimum absolute atomic E-state index is 0.0331. The van der Waals surface area contributed by atoms with Gasteiger partial charge in [-0.1, -0.05) is 11.6 Å². The highest BCUT2D eigenvalue weighted by Crippen LogP contribution is 2.36. The van der Waals surface area contributed by atoms with Crippen molar-refractivity contribution in [1.82, 2.24) is 0 Å². The number of hydrogen-bond donors (Lipinski definition) is 1. The van der Waals surface area contributed by atoms with Crippen molar-refractivity contribution in [3.8, 4) is 6.07 Å². The molecule has 0 amide bonds. The van der Waals surface area contributed by atoms with E-state index in [0.29, 0.717) is 4.88 Å². The Morgan fingerprint density at radius 2 is 2.00 bits per heavy atom. The van der Waals surface area contributed by atoms with Crippen LogP contribution in [0, 0.1) is 11.3 Å². The summed E-state index contributed by atoms with van der Waals surface area (Å²) < 4.78 is 38.6. The Morgan fingerprint density at radius 1 is 1.25 bits per heavy atom. The molecule has 0 aliphatic heterocycles. The Kier molecular flexibility index (Phi) is 4.21. The van der Waals surface area contributed by atoms with Gasteiger partial charge < -0.3 is 5.32 Å². The van der Waals surface area contributed by atoms with Crippen LogP contribution in [-0.2, 0) is 12.7 Å². The molecule has 20 heavy (non-hydrogen) atoms. The second-order valence-electron chi connectivity index (χ2n) is 3.92. The number of benzene rings is 1. The number of rotatable bonds is 3. The molecule has 0 bridgehead atoms. The number of thiophene rings is 1. The molecular formula is C13H8ClF3N2S. The van der Waals surface area contributed by atoms with E-state index < -0.39 is 11.7 Å². The predicted molar refractivity (Wildman–Crippen MR) is 72.8 cm³/mol. The monoisotopic (exact) mass is 316 g/mol. The maximum absolute atomic E-state index is 12.9. The molecule has 0 saturated carbocycles. The summed E-state index contributed by atoms with van der Waals surface area (Å²) in [5, 5.41) is 11.5. The van der Waals surface area contributed by atoms with E-state index in [1.54, 1.807) is 12.1 Å². The van der Waals surface area contributed by atoms with Gasteiger partial charge in [0.2, 0.25) is 0 Å². The fourth-order valence-electron chi connectivity index (χ4n) is 1.62. The van der Waals surface area contributed by atoms with Crippen LogP contribution in [0.2, 0.25) is 5.02 Å². The van der Waals surface area contributed by atoms with Gasteiger partial charge in [0.25, 0.3) is 0 Å². The summed E-state index contributed by atoms with van der Waals surface area (Å²) in [6.45, 7) is 0.219. The van der Waals surface area contributed by atoms with Gasteiger partial charge >= 0.3 is 6.18 Å². The van der Waals surface area contributed by atoms with E-state index in [-0.39, 0.29) is 17.3 Å². The molecule has 0 aliphatic rings. The third kappa shape index (κ3) is 3.44. The largest absolute Gasteiger partial charge is 0.418 e. The van der Waals surface area contributed by atoms with E-state index in [1.807, 2.05) is 6.07 Å². The Labute approximate surface area is 122 Å². The first-order valence-corrected chi connectivity index (χ1v) is 6.69. The molecule has 2 rings (SSSR count). The summed E-state index contributed by atoms with van der Waals surface area (Å²) in [7, 11) is 0. The van der Waals surface area contributed by atoms with Crippen LogP contribution in [0.1, 0.15) is 15.3 Å². The summed E-state index contributed by atoms with van der Waals surface area (Å²) in [6, 6.07) is 8.90. The number of halogens is 4. The number of nitrogens with one attached hydrogen (secondary N) is 1. The van der Waals surface area contributed by atoms with Crippen molar-refractivity contribution in [1.29, 1.82) is 5.26 Å². The van der Waals surface area contributed by atoms with Gasteiger partial charge in [0, 0.05) is 22.1 Å². The normalized spacial score (nSPS) is 11.2. The van der Waals surface area contributed by atoms with Crippen molar-refractivity contribution < 1.29 is 13.2 Å². The zero-order valence-electron chi connectivity index (χ0n) is 9.96. The maximum Gasteiger partial charge on any atom is 0.418 e. The summed E-state index contributed by atoms with van der Waals surface area (Å²) in [6.07, 6.45) is -4.47. The van der Waals surface area contributed by atoms with Crippen LogP contribution in [0.3, 0.4) is 0 Å². The molecule has 0 fully saturated rings. The van der Waals surface area contributed by atoms with Crippen molar-refractivity contribution in [2.24, 2.45) is 0 Å². The molecule has 2 aromatic rings. The van der Waals surface area contributed by atoms with Gasteiger partial charge in [-0.3, -0.25) is 0 Å². The Morgan fingerprint density at radius 3 is 2.60 bits per heavy atom. The lowest BCUT2D eigenvalue weighted by atomic mass is 10.1. The minimum atomic E-state index is -4.47. The van der Waals surface area contributed by atoms with Crippen LogP contribution in [0.25, 0.3) is 0 Å². The number of anilines is 1. The summed E-state index contributed by atoms with van der Waals surface area (Å²) in [4.78, 5) is 1.30. The first kappa shape index (κ1) is 14.7. The van der Waals surface area contributed by atoms with Crippen LogP contribution < -0.4 is 5.32 Å². The molecule has 1 aromatic carbocycles. The Hall–Kier alpha value is -1.71. The summed E-state index contributed by atoms with van der Waals surface area (Å²) >= 11 is 6.84. The number of alkyl halides is 3. The van der Waals surface area contributed by atoms with E-state index in [0.717, 1.165) is 10.9 Å². The average molecular weight is 317 g/mol. The van der Waals surface area contributed by atoms with Crippen LogP contribution in [-0.4, -0.2) is 0 Å². The van der Waals surface area contributed by atoms with Crippen LogP contribution in [0.5, 0.6) is 0 Å². The first-order chi connectivity index (χ1) is 9.40. The second kappa shape index (κ2) is 5.73. The molecule has 0 spiro atoms. The Balaban J connectivity index is 2.19. The van der Waals surface area contributed by atoms with E-state index in [2.05, 4.69) is 5.32 Å². The van der Waals surface area contributed by atoms with Gasteiger partial charge in [0.1, 0.15) is 10.9 Å². The first-order valence-electron chi connectivity index (χ1n) is 5.49. The molecule has 2 nitrogen and oxygen atoms in total. The molecule has 1 heterocycles. The number of hydrogen-bond acceptors (Lipinski definition) is 3. The van der Waals surface area contributed by atoms with E-state index >= 15 is 0 Å². The molecule has 0 saturated heterocycles. The van der Waals surface area contributed by atoms with Crippen molar-refractivity contribution in [3.63, 3.8) is 0 Å². The fourth-order valence-corrected chi connectivity index (χ4v) is 2.54. The SMILES string of the molecule is N#Cc1ccc(CNc2ccc(Cl)cc2C(F)(F)F)s1. The molecule has 0 aliphatic carbocycles. The summed E-state index contributed by atoms with van der Waals surface area (Å²) in [5.74, 6) is 0. The van der Waals surface area contributed by atoms with Crippen LogP contribution >= 0.6 is 22.9 Å². The topological polar surface area (TPSA) is 35.8 Å². The lowest BCUT2D eigenvalue weighted by Crippen LogP contribution is -2.10. The highest BCUT2D eigenvalue weighted by atomic mass is 35.5. The predicted octanol–water partition coefficient (Wildman–Crippen LogP) is 4.90. The lowest BCUT2D eigenvalue weighted by Gasteiger charge is -2.14. The zero-order valence-corrected chi connectivity index (χ0v) is 11.5. The van der Waals surface area contributed by atoms with Gasteiger partial charge in [0.15, 0.2) is 0 Å². The molecule has 104 valence electrons. The molecule has 7 heteroatoms. The van der Waals surface area contributed by atoms with Crippen LogP contribution in [0.4, 0.5) is 18.9 Å². The van der Waals surface area contributed by atoms with Gasteiger partial charge in [0.05, 0.1) is 5.56 Å². The van der Waals surface area contributed by atoms with Crippen molar-refractivity contribution in [2.45, 2.75) is 12.7 Å². The van der Waals surface area contributed by atoms with E-state index in [4.69, 9.17) is 16.9 Å². The Bertz CT molecular complexity index is 658. The highest BCUT2D eigenvalue weighted by Gasteiger charge is 2.33. The average Bonchev–Trinajstić information content (AvgIpc) is 2.84. The van der Waals surface area contributed by atoms with Gasteiger partial charge in [-0.25, -0.2) is 0 Å². The third-order valence-electron chi connectivity index (χ3n) is 2.51. The van der Waals surface area contributed by atoms with Crippen molar-refractivity contribution >= 4 is 28.6 Å². The maximum atomic E-state index is 12.9. The second-order valence-corrected chi connectivity index (χ2v) is 5.52. The molecule has 0 radical (unpaired) electrons. The molecule has 0 unspecified atom stereocenters. The highest BCUT2D eigenvalue weighted by molar-refractivity contribution is 7.12. The smallest absolute Gasteiger partial charge is 0.380 e. The van der Waals surface area contributed by atoms with Crippen molar-refractivity contribution in [3.05, 3.63) is 50.7 Å². The number of nitriles is 1. The summed E-state index contributed by atoms with van der Waals surface area (Å²) in [5.41, 5.74) is -0.837. The van der Waals surface area contributed by atoms with Crippen molar-refractivity contribution in [2.75, 3.05) is 5.32 Å². The zero-order chi connectivity index (χ0) is 14.8. The number of nitrogens with zero attached hydrogens (tertiary/aromatic N) is 1. The molecule has 0 atom stereocenters. The third-order valence-corrected chi connectivity index (χ3v) is 3.74. The fraction of sp³-hybridized carbons (Fsp3) is 0.154. The van der Waals surface area contributed by atoms with Gasteiger partial charge in [-0.15, -0.1) is 11.3 Å². The molecule has 1 N–H and O–H groups in total. The minimum Gasteiger partial charge on any atom is -0.380 e. The van der Waals surface area contributed by atoms with Gasteiger partial charge in [-0.2, -0.15) is 18.4 Å². The molecular weight excluding hydrogens is 309 g/mol. The quantitative estimate of drug-likeness (QED) is 0.873. The van der Waals surface area contributed by atoms with E-state index in [9.17, 15) is 13.2 Å².